The number of rotatable bonds is 7. The predicted octanol–water partition coefficient (Wildman–Crippen LogP) is 5.62. The van der Waals surface area contributed by atoms with Gasteiger partial charge in [-0.25, -0.2) is 0 Å². The summed E-state index contributed by atoms with van der Waals surface area (Å²) in [5, 5.41) is 0. The second-order valence-electron chi connectivity index (χ2n) is 5.26. The van der Waals surface area contributed by atoms with Crippen molar-refractivity contribution in [2.75, 3.05) is 6.61 Å². The third-order valence-electron chi connectivity index (χ3n) is 3.55. The van der Waals surface area contributed by atoms with Crippen LogP contribution < -0.4 is 4.74 Å². The summed E-state index contributed by atoms with van der Waals surface area (Å²) >= 11 is 0. The summed E-state index contributed by atoms with van der Waals surface area (Å²) in [7, 11) is 0. The van der Waals surface area contributed by atoms with Crippen molar-refractivity contribution in [3.63, 3.8) is 0 Å². The Kier molecular flexibility index (Phi) is 5.67. The van der Waals surface area contributed by atoms with Gasteiger partial charge in [-0.15, -0.1) is 0 Å². The minimum Gasteiger partial charge on any atom is -0.493 e. The van der Waals surface area contributed by atoms with Gasteiger partial charge in [-0.2, -0.15) is 0 Å². The molecule has 0 aliphatic carbocycles. The number of hydrogen-bond donors (Lipinski definition) is 0. The van der Waals surface area contributed by atoms with Crippen LogP contribution in [0.25, 0.3) is 11.1 Å². The van der Waals surface area contributed by atoms with Crippen LogP contribution in [0.1, 0.15) is 38.2 Å². The molecular formula is C19H24O. The molecule has 2 rings (SSSR count). The van der Waals surface area contributed by atoms with Crippen molar-refractivity contribution in [1.29, 1.82) is 0 Å². The van der Waals surface area contributed by atoms with E-state index in [1.54, 1.807) is 0 Å². The lowest BCUT2D eigenvalue weighted by atomic mass is 10.0. The first kappa shape index (κ1) is 14.6. The van der Waals surface area contributed by atoms with Crippen molar-refractivity contribution >= 4 is 0 Å². The first-order chi connectivity index (χ1) is 9.81. The molecule has 0 heterocycles. The Morgan fingerprint density at radius 2 is 1.65 bits per heavy atom. The molecule has 106 valence electrons. The molecule has 1 nitrogen and oxygen atoms in total. The Hall–Kier alpha value is -1.76. The highest BCUT2D eigenvalue weighted by atomic mass is 16.5. The number of unbranched alkanes of at least 4 members (excludes halogenated alkanes) is 3. The SMILES string of the molecule is CCCCCCOc1cc(-c2ccccc2)ccc1C. The Balaban J connectivity index is 2.02. The molecule has 0 saturated heterocycles. The molecule has 0 unspecified atom stereocenters. The van der Waals surface area contributed by atoms with Gasteiger partial charge in [0, 0.05) is 0 Å². The average molecular weight is 268 g/mol. The monoisotopic (exact) mass is 268 g/mol. The van der Waals surface area contributed by atoms with Crippen LogP contribution in [-0.2, 0) is 0 Å². The molecule has 20 heavy (non-hydrogen) atoms. The van der Waals surface area contributed by atoms with Gasteiger partial charge in [-0.05, 0) is 36.1 Å². The van der Waals surface area contributed by atoms with Crippen LogP contribution in [0, 0.1) is 6.92 Å². The molecule has 0 spiro atoms. The molecule has 2 aromatic rings. The number of hydrogen-bond acceptors (Lipinski definition) is 1. The van der Waals surface area contributed by atoms with Crippen LogP contribution >= 0.6 is 0 Å². The summed E-state index contributed by atoms with van der Waals surface area (Å²) in [6, 6.07) is 16.9. The van der Waals surface area contributed by atoms with E-state index in [1.807, 2.05) is 6.07 Å². The van der Waals surface area contributed by atoms with Crippen LogP contribution in [0.4, 0.5) is 0 Å². The van der Waals surface area contributed by atoms with E-state index in [0.29, 0.717) is 0 Å². The minimum atomic E-state index is 0.819. The molecule has 0 aliphatic heterocycles. The zero-order valence-corrected chi connectivity index (χ0v) is 12.6. The fraction of sp³-hybridized carbons (Fsp3) is 0.368. The van der Waals surface area contributed by atoms with Gasteiger partial charge in [-0.3, -0.25) is 0 Å². The molecule has 0 aromatic heterocycles. The lowest BCUT2D eigenvalue weighted by Crippen LogP contribution is -1.99. The molecule has 1 heteroatoms. The molecule has 0 saturated carbocycles. The second-order valence-corrected chi connectivity index (χ2v) is 5.26. The summed E-state index contributed by atoms with van der Waals surface area (Å²) in [6.07, 6.45) is 4.96. The second kappa shape index (κ2) is 7.74. The highest BCUT2D eigenvalue weighted by Gasteiger charge is 2.03. The van der Waals surface area contributed by atoms with Crippen molar-refractivity contribution in [2.45, 2.75) is 39.5 Å². The third kappa shape index (κ3) is 4.12. The maximum atomic E-state index is 5.95. The van der Waals surface area contributed by atoms with Crippen LogP contribution in [0.5, 0.6) is 5.75 Å². The van der Waals surface area contributed by atoms with E-state index in [0.717, 1.165) is 18.8 Å². The highest BCUT2D eigenvalue weighted by Crippen LogP contribution is 2.27. The van der Waals surface area contributed by atoms with Gasteiger partial charge in [0.15, 0.2) is 0 Å². The lowest BCUT2D eigenvalue weighted by Gasteiger charge is -2.11. The Morgan fingerprint density at radius 1 is 0.850 bits per heavy atom. The summed E-state index contributed by atoms with van der Waals surface area (Å²) in [5.74, 6) is 1.02. The molecule has 0 amide bonds. The largest absolute Gasteiger partial charge is 0.493 e. The fourth-order valence-corrected chi connectivity index (χ4v) is 2.28. The molecule has 2 aromatic carbocycles. The Labute approximate surface area is 122 Å². The minimum absolute atomic E-state index is 0.819. The first-order valence-corrected chi connectivity index (χ1v) is 7.60. The lowest BCUT2D eigenvalue weighted by molar-refractivity contribution is 0.303. The van der Waals surface area contributed by atoms with E-state index in [1.165, 1.54) is 36.0 Å². The number of benzene rings is 2. The molecule has 0 aliphatic rings. The predicted molar refractivity (Wildman–Crippen MR) is 86.3 cm³/mol. The highest BCUT2D eigenvalue weighted by molar-refractivity contribution is 5.65. The maximum Gasteiger partial charge on any atom is 0.122 e. The Bertz CT molecular complexity index is 517. The fourth-order valence-electron chi connectivity index (χ4n) is 2.28. The van der Waals surface area contributed by atoms with Gasteiger partial charge in [0.1, 0.15) is 5.75 Å². The Morgan fingerprint density at radius 3 is 2.40 bits per heavy atom. The van der Waals surface area contributed by atoms with E-state index < -0.39 is 0 Å². The third-order valence-corrected chi connectivity index (χ3v) is 3.55. The van der Waals surface area contributed by atoms with Gasteiger partial charge >= 0.3 is 0 Å². The average Bonchev–Trinajstić information content (AvgIpc) is 2.49. The summed E-state index contributed by atoms with van der Waals surface area (Å²) in [5.41, 5.74) is 3.67. The van der Waals surface area contributed by atoms with Crippen LogP contribution in [0.15, 0.2) is 48.5 Å². The van der Waals surface area contributed by atoms with Gasteiger partial charge in [0.2, 0.25) is 0 Å². The van der Waals surface area contributed by atoms with Crippen molar-refractivity contribution in [3.05, 3.63) is 54.1 Å². The summed E-state index contributed by atoms with van der Waals surface area (Å²) < 4.78 is 5.95. The van der Waals surface area contributed by atoms with Crippen LogP contribution in [-0.4, -0.2) is 6.61 Å². The molecule has 0 radical (unpaired) electrons. The van der Waals surface area contributed by atoms with E-state index in [4.69, 9.17) is 4.74 Å². The zero-order valence-electron chi connectivity index (χ0n) is 12.6. The van der Waals surface area contributed by atoms with Crippen molar-refractivity contribution in [3.8, 4) is 16.9 Å². The van der Waals surface area contributed by atoms with Gasteiger partial charge in [0.25, 0.3) is 0 Å². The van der Waals surface area contributed by atoms with Crippen molar-refractivity contribution in [1.82, 2.24) is 0 Å². The molecule has 0 N–H and O–H groups in total. The molecule has 0 fully saturated rings. The van der Waals surface area contributed by atoms with Gasteiger partial charge in [0.05, 0.1) is 6.61 Å². The molecular weight excluding hydrogens is 244 g/mol. The number of aryl methyl sites for hydroxylation is 1. The summed E-state index contributed by atoms with van der Waals surface area (Å²) in [4.78, 5) is 0. The van der Waals surface area contributed by atoms with Gasteiger partial charge in [-0.1, -0.05) is 68.7 Å². The van der Waals surface area contributed by atoms with E-state index in [-0.39, 0.29) is 0 Å². The van der Waals surface area contributed by atoms with E-state index >= 15 is 0 Å². The standard InChI is InChI=1S/C19H24O/c1-3-4-5-9-14-20-19-15-18(13-12-16(19)2)17-10-7-6-8-11-17/h6-8,10-13,15H,3-5,9,14H2,1-2H3. The molecule has 0 bridgehead atoms. The van der Waals surface area contributed by atoms with Crippen LogP contribution in [0.3, 0.4) is 0 Å². The van der Waals surface area contributed by atoms with E-state index in [9.17, 15) is 0 Å². The van der Waals surface area contributed by atoms with Crippen LogP contribution in [0.2, 0.25) is 0 Å². The molecule has 0 atom stereocenters. The summed E-state index contributed by atoms with van der Waals surface area (Å²) in [6.45, 7) is 5.16. The zero-order chi connectivity index (χ0) is 14.2. The number of ether oxygens (including phenoxy) is 1. The first-order valence-electron chi connectivity index (χ1n) is 7.60. The normalized spacial score (nSPS) is 10.5. The maximum absolute atomic E-state index is 5.95. The smallest absolute Gasteiger partial charge is 0.122 e. The van der Waals surface area contributed by atoms with Gasteiger partial charge < -0.3 is 4.74 Å². The van der Waals surface area contributed by atoms with Crippen molar-refractivity contribution in [2.24, 2.45) is 0 Å². The van der Waals surface area contributed by atoms with E-state index in [2.05, 4.69) is 56.3 Å². The quantitative estimate of drug-likeness (QED) is 0.592. The topological polar surface area (TPSA) is 9.23 Å². The van der Waals surface area contributed by atoms with Crippen molar-refractivity contribution < 1.29 is 4.74 Å².